The predicted molar refractivity (Wildman–Crippen MR) is 97.0 cm³/mol. The van der Waals surface area contributed by atoms with Crippen molar-refractivity contribution in [3.05, 3.63) is 59.4 Å². The van der Waals surface area contributed by atoms with Gasteiger partial charge in [0.1, 0.15) is 5.82 Å². The van der Waals surface area contributed by atoms with E-state index in [1.165, 1.54) is 30.9 Å². The van der Waals surface area contributed by atoms with Crippen LogP contribution in [0.3, 0.4) is 0 Å². The van der Waals surface area contributed by atoms with Gasteiger partial charge >= 0.3 is 0 Å². The zero-order chi connectivity index (χ0) is 16.9. The molecule has 0 unspecified atom stereocenters. The molecule has 1 aliphatic carbocycles. The number of nitrogens with one attached hydrogen (secondary N) is 2. The van der Waals surface area contributed by atoms with Crippen LogP contribution in [0.2, 0.25) is 0 Å². The minimum absolute atomic E-state index is 0.0934. The van der Waals surface area contributed by atoms with Crippen LogP contribution in [0, 0.1) is 12.7 Å². The Kier molecular flexibility index (Phi) is 5.53. The standard InChI is InChI=1S/C19H21FN2OS/c1-13-16(14-7-3-2-4-8-14)11-12-17(20)18(13)19(23)21-22-24-15-9-5-6-10-15/h2-4,7-8,11-12,15,22H,5-6,9-10H2,1H3,(H,21,23). The second kappa shape index (κ2) is 7.81. The highest BCUT2D eigenvalue weighted by atomic mass is 32.2. The van der Waals surface area contributed by atoms with Crippen molar-refractivity contribution in [2.45, 2.75) is 37.9 Å². The molecule has 0 bridgehead atoms. The van der Waals surface area contributed by atoms with Gasteiger partial charge in [0.25, 0.3) is 5.91 Å². The van der Waals surface area contributed by atoms with Crippen LogP contribution in [-0.2, 0) is 0 Å². The van der Waals surface area contributed by atoms with Crippen molar-refractivity contribution in [2.75, 3.05) is 0 Å². The normalized spacial score (nSPS) is 14.8. The van der Waals surface area contributed by atoms with Crippen LogP contribution in [0.15, 0.2) is 42.5 Å². The molecule has 0 aliphatic heterocycles. The van der Waals surface area contributed by atoms with E-state index in [1.54, 1.807) is 13.0 Å². The summed E-state index contributed by atoms with van der Waals surface area (Å²) < 4.78 is 14.2. The lowest BCUT2D eigenvalue weighted by Gasteiger charge is -2.14. The fraction of sp³-hybridized carbons (Fsp3) is 0.316. The van der Waals surface area contributed by atoms with Gasteiger partial charge < -0.3 is 0 Å². The number of hydrazine groups is 1. The average Bonchev–Trinajstić information content (AvgIpc) is 3.09. The topological polar surface area (TPSA) is 41.1 Å². The molecule has 0 atom stereocenters. The highest BCUT2D eigenvalue weighted by Crippen LogP contribution is 2.28. The van der Waals surface area contributed by atoms with Crippen molar-refractivity contribution in [1.82, 2.24) is 10.3 Å². The molecule has 3 rings (SSSR count). The molecule has 2 aromatic rings. The van der Waals surface area contributed by atoms with Crippen molar-refractivity contribution in [1.29, 1.82) is 0 Å². The fourth-order valence-electron chi connectivity index (χ4n) is 3.12. The third-order valence-electron chi connectivity index (χ3n) is 4.42. The Labute approximate surface area is 146 Å². The lowest BCUT2D eigenvalue weighted by atomic mass is 9.96. The maximum atomic E-state index is 14.2. The van der Waals surface area contributed by atoms with E-state index in [0.717, 1.165) is 24.0 Å². The Morgan fingerprint density at radius 3 is 2.54 bits per heavy atom. The Morgan fingerprint density at radius 2 is 1.83 bits per heavy atom. The van der Waals surface area contributed by atoms with Crippen LogP contribution in [-0.4, -0.2) is 11.2 Å². The van der Waals surface area contributed by atoms with Gasteiger partial charge in [0.2, 0.25) is 0 Å². The third kappa shape index (κ3) is 3.79. The summed E-state index contributed by atoms with van der Waals surface area (Å²) in [7, 11) is 0. The number of carbonyl (C=O) groups is 1. The first-order valence-corrected chi connectivity index (χ1v) is 9.10. The van der Waals surface area contributed by atoms with Gasteiger partial charge in [0, 0.05) is 5.25 Å². The summed E-state index contributed by atoms with van der Waals surface area (Å²) >= 11 is 1.51. The summed E-state index contributed by atoms with van der Waals surface area (Å²) in [6.07, 6.45) is 4.79. The van der Waals surface area contributed by atoms with Gasteiger partial charge in [-0.25, -0.2) is 4.39 Å². The first kappa shape index (κ1) is 17.0. The number of halogens is 1. The number of amides is 1. The molecule has 1 fully saturated rings. The molecule has 3 nitrogen and oxygen atoms in total. The molecule has 0 saturated heterocycles. The van der Waals surface area contributed by atoms with E-state index in [0.29, 0.717) is 10.8 Å². The van der Waals surface area contributed by atoms with Crippen LogP contribution in [0.1, 0.15) is 41.6 Å². The number of carbonyl (C=O) groups excluding carboxylic acids is 1. The fourth-order valence-corrected chi connectivity index (χ4v) is 4.00. The van der Waals surface area contributed by atoms with Crippen LogP contribution in [0.25, 0.3) is 11.1 Å². The van der Waals surface area contributed by atoms with E-state index in [-0.39, 0.29) is 5.56 Å². The predicted octanol–water partition coefficient (Wildman–Crippen LogP) is 4.63. The van der Waals surface area contributed by atoms with Gasteiger partial charge in [0.05, 0.1) is 5.56 Å². The van der Waals surface area contributed by atoms with Crippen LogP contribution in [0.4, 0.5) is 4.39 Å². The van der Waals surface area contributed by atoms with E-state index >= 15 is 0 Å². The van der Waals surface area contributed by atoms with Crippen LogP contribution < -0.4 is 10.3 Å². The molecule has 5 heteroatoms. The minimum Gasteiger partial charge on any atom is -0.277 e. The number of hydrogen-bond donors (Lipinski definition) is 2. The average molecular weight is 344 g/mol. The molecule has 2 N–H and O–H groups in total. The van der Waals surface area contributed by atoms with Crippen molar-refractivity contribution in [3.8, 4) is 11.1 Å². The molecule has 1 amide bonds. The monoisotopic (exact) mass is 344 g/mol. The van der Waals surface area contributed by atoms with E-state index in [1.807, 2.05) is 30.3 Å². The second-order valence-corrected chi connectivity index (χ2v) is 7.15. The summed E-state index contributed by atoms with van der Waals surface area (Å²) in [5.74, 6) is -0.939. The Hall–Kier alpha value is -1.85. The molecule has 0 aromatic heterocycles. The molecule has 1 aliphatic rings. The van der Waals surface area contributed by atoms with Gasteiger partial charge in [-0.1, -0.05) is 61.2 Å². The summed E-state index contributed by atoms with van der Waals surface area (Å²) in [6, 6.07) is 12.8. The quantitative estimate of drug-likeness (QED) is 0.614. The summed E-state index contributed by atoms with van der Waals surface area (Å²) in [6.45, 7) is 1.78. The first-order valence-electron chi connectivity index (χ1n) is 8.22. The van der Waals surface area contributed by atoms with Gasteiger partial charge in [-0.05, 0) is 42.5 Å². The molecule has 2 aromatic carbocycles. The largest absolute Gasteiger partial charge is 0.277 e. The van der Waals surface area contributed by atoms with Crippen molar-refractivity contribution in [2.24, 2.45) is 0 Å². The molecule has 0 spiro atoms. The molecule has 24 heavy (non-hydrogen) atoms. The maximum absolute atomic E-state index is 14.2. The lowest BCUT2D eigenvalue weighted by Crippen LogP contribution is -2.35. The summed E-state index contributed by atoms with van der Waals surface area (Å²) in [4.78, 5) is 15.3. The highest BCUT2D eigenvalue weighted by Gasteiger charge is 2.19. The van der Waals surface area contributed by atoms with Crippen LogP contribution in [0.5, 0.6) is 0 Å². The minimum atomic E-state index is -0.502. The van der Waals surface area contributed by atoms with Gasteiger partial charge in [-0.3, -0.25) is 10.2 Å². The zero-order valence-corrected chi connectivity index (χ0v) is 14.5. The first-order chi connectivity index (χ1) is 11.7. The number of hydrogen-bond acceptors (Lipinski definition) is 3. The molecule has 0 heterocycles. The van der Waals surface area contributed by atoms with Crippen molar-refractivity contribution < 1.29 is 9.18 Å². The number of rotatable bonds is 5. The highest BCUT2D eigenvalue weighted by molar-refractivity contribution is 7.98. The van der Waals surface area contributed by atoms with E-state index in [9.17, 15) is 9.18 Å². The maximum Gasteiger partial charge on any atom is 0.269 e. The molecule has 1 saturated carbocycles. The molecular weight excluding hydrogens is 323 g/mol. The Balaban J connectivity index is 1.75. The zero-order valence-electron chi connectivity index (χ0n) is 13.6. The van der Waals surface area contributed by atoms with Crippen molar-refractivity contribution in [3.63, 3.8) is 0 Å². The Bertz CT molecular complexity index is 715. The van der Waals surface area contributed by atoms with Crippen LogP contribution >= 0.6 is 11.9 Å². The third-order valence-corrected chi connectivity index (χ3v) is 5.44. The van der Waals surface area contributed by atoms with Crippen molar-refractivity contribution >= 4 is 17.9 Å². The van der Waals surface area contributed by atoms with Gasteiger partial charge in [0.15, 0.2) is 0 Å². The molecule has 126 valence electrons. The molecule has 0 radical (unpaired) electrons. The van der Waals surface area contributed by atoms with E-state index < -0.39 is 11.7 Å². The number of benzene rings is 2. The van der Waals surface area contributed by atoms with Gasteiger partial charge in [-0.2, -0.15) is 4.83 Å². The van der Waals surface area contributed by atoms with E-state index in [4.69, 9.17) is 0 Å². The van der Waals surface area contributed by atoms with Gasteiger partial charge in [-0.15, -0.1) is 0 Å². The second-order valence-electron chi connectivity index (χ2n) is 6.04. The summed E-state index contributed by atoms with van der Waals surface area (Å²) in [5, 5.41) is 0.520. The molecular formula is C19H21FN2OS. The van der Waals surface area contributed by atoms with E-state index in [2.05, 4.69) is 10.3 Å². The smallest absolute Gasteiger partial charge is 0.269 e. The summed E-state index contributed by atoms with van der Waals surface area (Å²) in [5.41, 5.74) is 5.19. The SMILES string of the molecule is Cc1c(-c2ccccc2)ccc(F)c1C(=O)NNSC1CCCC1. The lowest BCUT2D eigenvalue weighted by molar-refractivity contribution is 0.0942. The Morgan fingerprint density at radius 1 is 1.12 bits per heavy atom.